The summed E-state index contributed by atoms with van der Waals surface area (Å²) in [6, 6.07) is 21.8. The molecule has 0 amide bonds. The summed E-state index contributed by atoms with van der Waals surface area (Å²) in [6.07, 6.45) is 0.997. The Balaban J connectivity index is 1.67. The molecule has 0 radical (unpaired) electrons. The summed E-state index contributed by atoms with van der Waals surface area (Å²) in [5.41, 5.74) is 3.51. The summed E-state index contributed by atoms with van der Waals surface area (Å²) in [7, 11) is 0. The highest BCUT2D eigenvalue weighted by atomic mass is 16.5. The van der Waals surface area contributed by atoms with Crippen LogP contribution >= 0.6 is 0 Å². The van der Waals surface area contributed by atoms with Gasteiger partial charge in [0.15, 0.2) is 0 Å². The maximum Gasteiger partial charge on any atom is 0.227 e. The molecule has 196 valence electrons. The fraction of sp³-hybridized carbons (Fsp3) is 0.367. The van der Waals surface area contributed by atoms with Crippen LogP contribution in [0.2, 0.25) is 0 Å². The number of furan rings is 1. The Bertz CT molecular complexity index is 1260. The zero-order valence-corrected chi connectivity index (χ0v) is 22.3. The van der Waals surface area contributed by atoms with E-state index in [9.17, 15) is 5.11 Å². The van der Waals surface area contributed by atoms with Crippen molar-refractivity contribution in [1.29, 1.82) is 0 Å². The number of nitrogens with zero attached hydrogens (tertiary/aromatic N) is 3. The molecule has 0 saturated carbocycles. The lowest BCUT2D eigenvalue weighted by Gasteiger charge is -2.27. The number of hydrogen-bond donors (Lipinski definition) is 1. The zero-order chi connectivity index (χ0) is 26.4. The molecule has 2 aromatic carbocycles. The summed E-state index contributed by atoms with van der Waals surface area (Å²) < 4.78 is 19.8. The third kappa shape index (κ3) is 7.55. The summed E-state index contributed by atoms with van der Waals surface area (Å²) >= 11 is 0. The molecule has 1 unspecified atom stereocenters. The second kappa shape index (κ2) is 11.8. The highest BCUT2D eigenvalue weighted by Gasteiger charge is 2.24. The second-order valence-corrected chi connectivity index (χ2v) is 10.4. The largest absolute Gasteiger partial charge is 0.468 e. The monoisotopic (exact) mass is 503 g/mol. The molecule has 4 rings (SSSR count). The van der Waals surface area contributed by atoms with Gasteiger partial charge >= 0.3 is 0 Å². The first kappa shape index (κ1) is 26.7. The Hall–Kier alpha value is -3.39. The van der Waals surface area contributed by atoms with E-state index in [4.69, 9.17) is 19.0 Å². The van der Waals surface area contributed by atoms with Crippen molar-refractivity contribution in [1.82, 2.24) is 14.7 Å². The van der Waals surface area contributed by atoms with E-state index in [1.807, 2.05) is 106 Å². The molecule has 2 aromatic heterocycles. The molecule has 0 aliphatic carbocycles. The maximum absolute atomic E-state index is 10.8. The third-order valence-corrected chi connectivity index (χ3v) is 5.86. The van der Waals surface area contributed by atoms with Gasteiger partial charge in [-0.1, -0.05) is 30.3 Å². The van der Waals surface area contributed by atoms with Crippen molar-refractivity contribution >= 4 is 0 Å². The number of rotatable bonds is 11. The number of ether oxygens (including phenoxy) is 2. The number of aliphatic hydroxyl groups is 1. The summed E-state index contributed by atoms with van der Waals surface area (Å²) in [5.74, 6) is 2.21. The predicted octanol–water partition coefficient (Wildman–Crippen LogP) is 6.05. The standard InChI is InChI=1S/C30H37N3O4/c1-22-11-9-14-26(17-22)37-29-28(23(2)31-33(29)24-12-7-6-8-13-24)20-32(19-27-15-10-16-35-27)18-25(34)21-36-30(3,4)5/h6-17,25,34H,18-21H2,1-5H3. The molecule has 7 nitrogen and oxygen atoms in total. The van der Waals surface area contributed by atoms with Gasteiger partial charge in [0.1, 0.15) is 11.5 Å². The molecule has 0 saturated heterocycles. The number of benzene rings is 2. The van der Waals surface area contributed by atoms with Crippen LogP contribution in [0, 0.1) is 13.8 Å². The number of para-hydroxylation sites is 1. The lowest BCUT2D eigenvalue weighted by atomic mass is 10.2. The highest BCUT2D eigenvalue weighted by Crippen LogP contribution is 2.32. The molecular weight excluding hydrogens is 466 g/mol. The summed E-state index contributed by atoms with van der Waals surface area (Å²) in [4.78, 5) is 2.14. The Morgan fingerprint density at radius 3 is 2.46 bits per heavy atom. The van der Waals surface area contributed by atoms with E-state index in [1.54, 1.807) is 6.26 Å². The van der Waals surface area contributed by atoms with Crippen molar-refractivity contribution in [3.05, 3.63) is 95.6 Å². The quantitative estimate of drug-likeness (QED) is 0.269. The zero-order valence-electron chi connectivity index (χ0n) is 22.3. The normalized spacial score (nSPS) is 12.7. The number of aryl methyl sites for hydroxylation is 2. The van der Waals surface area contributed by atoms with E-state index < -0.39 is 6.10 Å². The van der Waals surface area contributed by atoms with Crippen molar-refractivity contribution in [3.63, 3.8) is 0 Å². The molecule has 0 aliphatic heterocycles. The molecule has 37 heavy (non-hydrogen) atoms. The van der Waals surface area contributed by atoms with E-state index in [0.29, 0.717) is 25.5 Å². The van der Waals surface area contributed by atoms with Gasteiger partial charge in [-0.15, -0.1) is 0 Å². The van der Waals surface area contributed by atoms with Gasteiger partial charge < -0.3 is 19.0 Å². The van der Waals surface area contributed by atoms with Crippen molar-refractivity contribution in [2.75, 3.05) is 13.2 Å². The highest BCUT2D eigenvalue weighted by molar-refractivity contribution is 5.43. The van der Waals surface area contributed by atoms with Gasteiger partial charge in [0, 0.05) is 13.1 Å². The topological polar surface area (TPSA) is 72.9 Å². The van der Waals surface area contributed by atoms with E-state index in [1.165, 1.54) is 0 Å². The Labute approximate surface area is 219 Å². The molecule has 0 bridgehead atoms. The fourth-order valence-electron chi connectivity index (χ4n) is 4.09. The number of aliphatic hydroxyl groups excluding tert-OH is 1. The molecule has 7 heteroatoms. The lowest BCUT2D eigenvalue weighted by molar-refractivity contribution is -0.0576. The molecule has 1 N–H and O–H groups in total. The van der Waals surface area contributed by atoms with Crippen LogP contribution in [0.1, 0.15) is 43.4 Å². The van der Waals surface area contributed by atoms with Crippen LogP contribution in [-0.2, 0) is 17.8 Å². The van der Waals surface area contributed by atoms with Gasteiger partial charge in [0.05, 0.1) is 48.1 Å². The number of aromatic nitrogens is 2. The molecule has 0 spiro atoms. The minimum absolute atomic E-state index is 0.243. The van der Waals surface area contributed by atoms with E-state index in [0.717, 1.165) is 34.0 Å². The molecule has 2 heterocycles. The minimum Gasteiger partial charge on any atom is -0.468 e. The SMILES string of the molecule is Cc1cccc(Oc2c(CN(Cc3ccco3)CC(O)COC(C)(C)C)c(C)nn2-c2ccccc2)c1. The Morgan fingerprint density at radius 1 is 1.00 bits per heavy atom. The van der Waals surface area contributed by atoms with Gasteiger partial charge in [-0.05, 0) is 76.6 Å². The van der Waals surface area contributed by atoms with Crippen molar-refractivity contribution in [2.45, 2.75) is 59.4 Å². The van der Waals surface area contributed by atoms with Crippen LogP contribution in [0.4, 0.5) is 0 Å². The van der Waals surface area contributed by atoms with Crippen LogP contribution in [0.3, 0.4) is 0 Å². The second-order valence-electron chi connectivity index (χ2n) is 10.4. The maximum atomic E-state index is 10.8. The predicted molar refractivity (Wildman–Crippen MR) is 144 cm³/mol. The van der Waals surface area contributed by atoms with Gasteiger partial charge in [-0.2, -0.15) is 5.10 Å². The van der Waals surface area contributed by atoms with Gasteiger partial charge in [0.25, 0.3) is 0 Å². The Morgan fingerprint density at radius 2 is 1.78 bits per heavy atom. The van der Waals surface area contributed by atoms with Crippen LogP contribution < -0.4 is 4.74 Å². The summed E-state index contributed by atoms with van der Waals surface area (Å²) in [5, 5.41) is 15.7. The van der Waals surface area contributed by atoms with Gasteiger partial charge in [-0.3, -0.25) is 4.90 Å². The van der Waals surface area contributed by atoms with Crippen molar-refractivity contribution < 1.29 is 19.0 Å². The molecule has 4 aromatic rings. The molecule has 0 fully saturated rings. The van der Waals surface area contributed by atoms with Crippen LogP contribution in [0.5, 0.6) is 11.6 Å². The van der Waals surface area contributed by atoms with Crippen LogP contribution in [-0.4, -0.2) is 44.6 Å². The Kier molecular flexibility index (Phi) is 8.48. The average molecular weight is 504 g/mol. The first-order valence-electron chi connectivity index (χ1n) is 12.6. The molecule has 1 atom stereocenters. The summed E-state index contributed by atoms with van der Waals surface area (Å²) in [6.45, 7) is 11.7. The first-order chi connectivity index (χ1) is 17.7. The van der Waals surface area contributed by atoms with Crippen molar-refractivity contribution in [2.24, 2.45) is 0 Å². The third-order valence-electron chi connectivity index (χ3n) is 5.86. The van der Waals surface area contributed by atoms with Crippen molar-refractivity contribution in [3.8, 4) is 17.3 Å². The first-order valence-corrected chi connectivity index (χ1v) is 12.6. The van der Waals surface area contributed by atoms with Crippen LogP contribution in [0.15, 0.2) is 77.4 Å². The average Bonchev–Trinajstić information content (AvgIpc) is 3.46. The lowest BCUT2D eigenvalue weighted by Crippen LogP contribution is -2.36. The van der Waals surface area contributed by atoms with E-state index >= 15 is 0 Å². The molecular formula is C30H37N3O4. The number of hydrogen-bond acceptors (Lipinski definition) is 6. The van der Waals surface area contributed by atoms with Gasteiger partial charge in [-0.25, -0.2) is 4.68 Å². The molecule has 0 aliphatic rings. The van der Waals surface area contributed by atoms with Gasteiger partial charge in [0.2, 0.25) is 5.88 Å². The smallest absolute Gasteiger partial charge is 0.227 e. The van der Waals surface area contributed by atoms with E-state index in [2.05, 4.69) is 4.90 Å². The van der Waals surface area contributed by atoms with E-state index in [-0.39, 0.29) is 12.2 Å². The fourth-order valence-corrected chi connectivity index (χ4v) is 4.09. The van der Waals surface area contributed by atoms with Crippen LogP contribution in [0.25, 0.3) is 5.69 Å². The minimum atomic E-state index is -0.667.